The van der Waals surface area contributed by atoms with Crippen LogP contribution in [0.3, 0.4) is 0 Å². The second kappa shape index (κ2) is 10.4. The number of thiazole rings is 1. The molecule has 0 unspecified atom stereocenters. The fourth-order valence-corrected chi connectivity index (χ4v) is 5.10. The van der Waals surface area contributed by atoms with Crippen molar-refractivity contribution in [3.05, 3.63) is 65.0 Å². The molecule has 1 aliphatic rings. The van der Waals surface area contributed by atoms with Gasteiger partial charge in [-0.2, -0.15) is 0 Å². The zero-order valence-corrected chi connectivity index (χ0v) is 20.2. The molecule has 11 heteroatoms. The van der Waals surface area contributed by atoms with Crippen LogP contribution in [0, 0.1) is 0 Å². The summed E-state index contributed by atoms with van der Waals surface area (Å²) in [6.45, 7) is 0.363. The number of benzene rings is 2. The number of unbranched alkanes of at least 4 members (excludes halogenated alkanes) is 2. The average Bonchev–Trinajstić information content (AvgIpc) is 3.55. The van der Waals surface area contributed by atoms with Crippen LogP contribution in [0.2, 0.25) is 0 Å². The van der Waals surface area contributed by atoms with Gasteiger partial charge >= 0.3 is 0 Å². The summed E-state index contributed by atoms with van der Waals surface area (Å²) in [5, 5.41) is 15.0. The molecule has 2 aromatic carbocycles. The van der Waals surface area contributed by atoms with E-state index in [1.165, 1.54) is 28.0 Å². The molecule has 3 amide bonds. The smallest absolute Gasteiger partial charge is 0.277 e. The SMILES string of the molecule is O=C(CSc1nnc(CCCCCN2C(=O)c3cccc4cccc(c34)C2=O)o1)Nc1nccs1. The number of nitrogens with zero attached hydrogens (tertiary/aromatic N) is 4. The van der Waals surface area contributed by atoms with Gasteiger partial charge in [-0.05, 0) is 30.4 Å². The molecule has 0 bridgehead atoms. The quantitative estimate of drug-likeness (QED) is 0.190. The van der Waals surface area contributed by atoms with E-state index in [0.717, 1.165) is 23.6 Å². The second-order valence-corrected chi connectivity index (χ2v) is 9.74. The van der Waals surface area contributed by atoms with Crippen LogP contribution in [-0.2, 0) is 11.2 Å². The fraction of sp³-hybridized carbons (Fsp3) is 0.250. The lowest BCUT2D eigenvalue weighted by Gasteiger charge is -2.27. The van der Waals surface area contributed by atoms with E-state index in [2.05, 4.69) is 20.5 Å². The number of amides is 3. The van der Waals surface area contributed by atoms with Gasteiger partial charge in [0.1, 0.15) is 0 Å². The number of hydrogen-bond donors (Lipinski definition) is 1. The maximum absolute atomic E-state index is 12.9. The van der Waals surface area contributed by atoms with Crippen molar-refractivity contribution in [1.29, 1.82) is 0 Å². The van der Waals surface area contributed by atoms with Gasteiger partial charge in [-0.15, -0.1) is 21.5 Å². The monoisotopic (exact) mass is 507 g/mol. The average molecular weight is 508 g/mol. The number of carbonyl (C=O) groups excluding carboxylic acids is 3. The molecule has 0 fully saturated rings. The maximum atomic E-state index is 12.9. The highest BCUT2D eigenvalue weighted by atomic mass is 32.2. The number of rotatable bonds is 10. The minimum Gasteiger partial charge on any atom is -0.416 e. The Hall–Kier alpha value is -3.57. The van der Waals surface area contributed by atoms with Crippen LogP contribution >= 0.6 is 23.1 Å². The predicted octanol–water partition coefficient (Wildman–Crippen LogP) is 4.42. The summed E-state index contributed by atoms with van der Waals surface area (Å²) in [6.07, 6.45) is 4.47. The van der Waals surface area contributed by atoms with Crippen molar-refractivity contribution >= 4 is 56.7 Å². The van der Waals surface area contributed by atoms with E-state index in [1.54, 1.807) is 23.7 Å². The van der Waals surface area contributed by atoms with Crippen LogP contribution in [0.1, 0.15) is 45.9 Å². The lowest BCUT2D eigenvalue weighted by atomic mass is 9.94. The zero-order chi connectivity index (χ0) is 24.2. The Balaban J connectivity index is 1.07. The van der Waals surface area contributed by atoms with Crippen LogP contribution in [0.4, 0.5) is 5.13 Å². The van der Waals surface area contributed by atoms with Crippen LogP contribution in [-0.4, -0.2) is 50.1 Å². The largest absolute Gasteiger partial charge is 0.416 e. The number of imide groups is 1. The molecule has 0 atom stereocenters. The Morgan fingerprint density at radius 1 is 1.03 bits per heavy atom. The van der Waals surface area contributed by atoms with E-state index >= 15 is 0 Å². The lowest BCUT2D eigenvalue weighted by molar-refractivity contribution is -0.113. The summed E-state index contributed by atoms with van der Waals surface area (Å²) in [7, 11) is 0. The highest BCUT2D eigenvalue weighted by Crippen LogP contribution is 2.30. The van der Waals surface area contributed by atoms with Crippen LogP contribution in [0.5, 0.6) is 0 Å². The first-order valence-corrected chi connectivity index (χ1v) is 13.0. The Kier molecular flexibility index (Phi) is 6.87. The molecule has 0 saturated carbocycles. The molecular formula is C24H21N5O4S2. The third-order valence-corrected chi connectivity index (χ3v) is 7.09. The number of carbonyl (C=O) groups is 3. The molecule has 5 rings (SSSR count). The van der Waals surface area contributed by atoms with E-state index in [9.17, 15) is 14.4 Å². The van der Waals surface area contributed by atoms with Gasteiger partial charge < -0.3 is 9.73 Å². The standard InChI is InChI=1S/C24H21N5O4S2/c30-18(26-23-25-11-13-34-23)14-35-24-28-27-19(33-24)10-2-1-3-12-29-21(31)16-8-4-6-15-7-5-9-17(20(15)16)22(29)32/h4-9,11,13H,1-3,10,12,14H2,(H,25,26,30). The molecule has 35 heavy (non-hydrogen) atoms. The lowest BCUT2D eigenvalue weighted by Crippen LogP contribution is -2.40. The molecular weight excluding hydrogens is 486 g/mol. The van der Waals surface area contributed by atoms with Crippen molar-refractivity contribution in [1.82, 2.24) is 20.1 Å². The molecule has 0 radical (unpaired) electrons. The van der Waals surface area contributed by atoms with Gasteiger partial charge in [-0.3, -0.25) is 19.3 Å². The summed E-state index contributed by atoms with van der Waals surface area (Å²) in [5.74, 6) is -0.0203. The number of aryl methyl sites for hydroxylation is 1. The number of thioether (sulfide) groups is 1. The summed E-state index contributed by atoms with van der Waals surface area (Å²) in [5.41, 5.74) is 1.16. The Bertz CT molecular complexity index is 1340. The second-order valence-electron chi connectivity index (χ2n) is 7.92. The maximum Gasteiger partial charge on any atom is 0.277 e. The molecule has 0 aliphatic carbocycles. The van der Waals surface area contributed by atoms with Crippen molar-refractivity contribution in [2.24, 2.45) is 0 Å². The van der Waals surface area contributed by atoms with E-state index < -0.39 is 0 Å². The molecule has 0 saturated heterocycles. The minimum atomic E-state index is -0.239. The van der Waals surface area contributed by atoms with Gasteiger partial charge in [0.2, 0.25) is 11.8 Å². The van der Waals surface area contributed by atoms with Crippen LogP contribution in [0.15, 0.2) is 57.6 Å². The number of hydrogen-bond acceptors (Lipinski definition) is 9. The zero-order valence-electron chi connectivity index (χ0n) is 18.6. The number of anilines is 1. The first-order chi connectivity index (χ1) is 17.1. The summed E-state index contributed by atoms with van der Waals surface area (Å²) in [6, 6.07) is 11.1. The third kappa shape index (κ3) is 5.10. The summed E-state index contributed by atoms with van der Waals surface area (Å²) >= 11 is 2.52. The van der Waals surface area contributed by atoms with Gasteiger partial charge in [0.25, 0.3) is 17.0 Å². The first kappa shape index (κ1) is 23.2. The number of aromatic nitrogens is 3. The van der Waals surface area contributed by atoms with Crippen molar-refractivity contribution in [3.63, 3.8) is 0 Å². The normalized spacial score (nSPS) is 13.0. The molecule has 178 valence electrons. The van der Waals surface area contributed by atoms with E-state index in [4.69, 9.17) is 4.42 Å². The molecule has 0 spiro atoms. The molecule has 9 nitrogen and oxygen atoms in total. The minimum absolute atomic E-state index is 0.149. The summed E-state index contributed by atoms with van der Waals surface area (Å²) < 4.78 is 5.60. The van der Waals surface area contributed by atoms with Gasteiger partial charge in [0, 0.05) is 41.1 Å². The molecule has 1 aliphatic heterocycles. The molecule has 4 aromatic rings. The van der Waals surface area contributed by atoms with Crippen molar-refractivity contribution in [2.75, 3.05) is 17.6 Å². The topological polar surface area (TPSA) is 118 Å². The highest BCUT2D eigenvalue weighted by molar-refractivity contribution is 7.99. The molecule has 2 aromatic heterocycles. The molecule has 1 N–H and O–H groups in total. The Morgan fingerprint density at radius 2 is 1.80 bits per heavy atom. The summed E-state index contributed by atoms with van der Waals surface area (Å²) in [4.78, 5) is 43.1. The van der Waals surface area contributed by atoms with Gasteiger partial charge in [0.15, 0.2) is 5.13 Å². The number of nitrogens with one attached hydrogen (secondary N) is 1. The fourth-order valence-electron chi connectivity index (χ4n) is 3.97. The van der Waals surface area contributed by atoms with Gasteiger partial charge in [-0.25, -0.2) is 4.98 Å². The van der Waals surface area contributed by atoms with Gasteiger partial charge in [-0.1, -0.05) is 42.4 Å². The Morgan fingerprint density at radius 3 is 2.51 bits per heavy atom. The van der Waals surface area contributed by atoms with Crippen LogP contribution < -0.4 is 5.32 Å². The van der Waals surface area contributed by atoms with E-state index in [0.29, 0.717) is 46.8 Å². The van der Waals surface area contributed by atoms with Crippen molar-refractivity contribution in [2.45, 2.75) is 30.9 Å². The first-order valence-electron chi connectivity index (χ1n) is 11.1. The predicted molar refractivity (Wildman–Crippen MR) is 133 cm³/mol. The highest BCUT2D eigenvalue weighted by Gasteiger charge is 2.32. The third-order valence-electron chi connectivity index (χ3n) is 5.58. The van der Waals surface area contributed by atoms with E-state index in [1.807, 2.05) is 24.3 Å². The Labute approximate surface area is 208 Å². The van der Waals surface area contributed by atoms with Crippen LogP contribution in [0.25, 0.3) is 10.8 Å². The van der Waals surface area contributed by atoms with Crippen molar-refractivity contribution < 1.29 is 18.8 Å². The molecule has 3 heterocycles. The van der Waals surface area contributed by atoms with Gasteiger partial charge in [0.05, 0.1) is 5.75 Å². The van der Waals surface area contributed by atoms with E-state index in [-0.39, 0.29) is 23.5 Å². The van der Waals surface area contributed by atoms with Crippen molar-refractivity contribution in [3.8, 4) is 0 Å².